The first-order chi connectivity index (χ1) is 12.1. The van der Waals surface area contributed by atoms with Gasteiger partial charge in [0.05, 0.1) is 4.58 Å². The molecular weight excluding hydrogens is 352 g/mol. The summed E-state index contributed by atoms with van der Waals surface area (Å²) in [6.07, 6.45) is 9.30. The molecule has 2 bridgehead atoms. The van der Waals surface area contributed by atoms with Crippen molar-refractivity contribution in [1.29, 1.82) is 0 Å². The van der Waals surface area contributed by atoms with Crippen LogP contribution in [-0.4, -0.2) is 48.3 Å². The van der Waals surface area contributed by atoms with E-state index in [9.17, 15) is 4.79 Å². The second-order valence-electron chi connectivity index (χ2n) is 7.06. The van der Waals surface area contributed by atoms with Gasteiger partial charge in [-0.25, -0.2) is 0 Å². The molecule has 3 nitrogen and oxygen atoms in total. The number of benzene rings is 1. The Morgan fingerprint density at radius 3 is 2.52 bits per heavy atom. The molecule has 0 unspecified atom stereocenters. The van der Waals surface area contributed by atoms with E-state index < -0.39 is 11.2 Å². The topological polar surface area (TPSA) is 35.5 Å². The van der Waals surface area contributed by atoms with Gasteiger partial charge in [0.2, 0.25) is 5.78 Å². The average molecular weight is 377 g/mol. The molecule has 0 saturated heterocycles. The van der Waals surface area contributed by atoms with Crippen molar-refractivity contribution in [3.05, 3.63) is 47.5 Å². The smallest absolute Gasteiger partial charge is 0.203 e. The minimum Gasteiger partial charge on any atom is -0.368 e. The van der Waals surface area contributed by atoms with Crippen LogP contribution in [0, 0.1) is 11.8 Å². The highest BCUT2D eigenvalue weighted by atomic mass is 32.2. The molecule has 0 N–H and O–H groups in total. The van der Waals surface area contributed by atoms with E-state index in [2.05, 4.69) is 42.9 Å². The first-order valence-electron chi connectivity index (χ1n) is 8.58. The Morgan fingerprint density at radius 2 is 1.88 bits per heavy atom. The largest absolute Gasteiger partial charge is 0.368 e. The van der Waals surface area contributed by atoms with Crippen LogP contribution in [-0.2, 0) is 20.7 Å². The summed E-state index contributed by atoms with van der Waals surface area (Å²) in [7, 11) is 3.35. The van der Waals surface area contributed by atoms with E-state index in [1.54, 1.807) is 37.7 Å². The second-order valence-corrected chi connectivity index (χ2v) is 9.24. The van der Waals surface area contributed by atoms with Crippen molar-refractivity contribution in [3.63, 3.8) is 0 Å². The average Bonchev–Trinajstić information content (AvgIpc) is 3.06. The van der Waals surface area contributed by atoms with Crippen molar-refractivity contribution in [1.82, 2.24) is 0 Å². The van der Waals surface area contributed by atoms with Crippen molar-refractivity contribution < 1.29 is 14.3 Å². The predicted octanol–water partition coefficient (Wildman–Crippen LogP) is 3.53. The van der Waals surface area contributed by atoms with Crippen LogP contribution in [0.3, 0.4) is 0 Å². The Labute approximate surface area is 157 Å². The minimum absolute atomic E-state index is 0.0409. The lowest BCUT2D eigenvalue weighted by Gasteiger charge is -2.58. The quantitative estimate of drug-likeness (QED) is 0.580. The highest BCUT2D eigenvalue weighted by molar-refractivity contribution is 8.16. The van der Waals surface area contributed by atoms with E-state index in [0.29, 0.717) is 5.92 Å². The number of methoxy groups -OCH3 is 2. The fraction of sp³-hybridized carbons (Fsp3) is 0.550. The fourth-order valence-electron chi connectivity index (χ4n) is 5.46. The maximum absolute atomic E-state index is 13.9. The molecule has 0 spiro atoms. The van der Waals surface area contributed by atoms with E-state index >= 15 is 0 Å². The van der Waals surface area contributed by atoms with Crippen LogP contribution in [0.5, 0.6) is 0 Å². The normalized spacial score (nSPS) is 38.3. The van der Waals surface area contributed by atoms with Gasteiger partial charge in [-0.3, -0.25) is 4.79 Å². The first-order valence-corrected chi connectivity index (χ1v) is 11.2. The molecule has 5 heteroatoms. The van der Waals surface area contributed by atoms with E-state index in [0.717, 1.165) is 6.42 Å². The molecule has 5 rings (SSSR count). The zero-order valence-electron chi connectivity index (χ0n) is 15.0. The molecule has 25 heavy (non-hydrogen) atoms. The van der Waals surface area contributed by atoms with Gasteiger partial charge in [0.1, 0.15) is 0 Å². The molecule has 1 aromatic carbocycles. The van der Waals surface area contributed by atoms with Gasteiger partial charge in [-0.15, -0.1) is 23.5 Å². The van der Waals surface area contributed by atoms with Crippen molar-refractivity contribution in [2.24, 2.45) is 11.8 Å². The Hall–Kier alpha value is -0.750. The highest BCUT2D eigenvalue weighted by Gasteiger charge is 2.71. The van der Waals surface area contributed by atoms with Crippen molar-refractivity contribution in [2.45, 2.75) is 28.1 Å². The maximum atomic E-state index is 13.9. The molecule has 134 valence electrons. The number of thioether (sulfide) groups is 2. The third kappa shape index (κ3) is 2.01. The number of carbonyl (C=O) groups is 1. The zero-order valence-corrected chi connectivity index (χ0v) is 16.7. The summed E-state index contributed by atoms with van der Waals surface area (Å²) >= 11 is 3.40. The summed E-state index contributed by atoms with van der Waals surface area (Å²) in [6.45, 7) is 0. The fourth-order valence-corrected chi connectivity index (χ4v) is 7.65. The van der Waals surface area contributed by atoms with Crippen LogP contribution in [0.15, 0.2) is 36.4 Å². The molecule has 0 aromatic heterocycles. The van der Waals surface area contributed by atoms with E-state index in [1.807, 2.05) is 6.08 Å². The lowest BCUT2D eigenvalue weighted by molar-refractivity contribution is -0.184. The van der Waals surface area contributed by atoms with Crippen LogP contribution in [0.4, 0.5) is 0 Å². The standard InChI is InChI=1S/C20H24O3S2/c1-22-19-10-9-15(20(23-2,17(19)21)18(24-3)25-4)14-11-12-7-5-6-8-13(12)16(14)19/h5-10,14-16,18H,11H2,1-4H3/t14-,15+,16-,19+,20-/m0/s1. The molecular formula is C20H24O3S2. The Morgan fingerprint density at radius 1 is 1.16 bits per heavy atom. The third-order valence-electron chi connectivity index (χ3n) is 6.41. The number of fused-ring (bicyclic) bond motifs is 2. The van der Waals surface area contributed by atoms with E-state index in [1.165, 1.54) is 11.1 Å². The Balaban J connectivity index is 1.93. The number of rotatable bonds is 5. The summed E-state index contributed by atoms with van der Waals surface area (Å²) in [4.78, 5) is 13.9. The SMILES string of the molecule is CO[C@]12C=C[C@H]([C@@H]3Cc4ccccc4[C@@H]31)[C@@](OC)(C(SC)SC)C2=O. The van der Waals surface area contributed by atoms with Crippen LogP contribution in [0.1, 0.15) is 17.0 Å². The molecule has 4 aliphatic rings. The van der Waals surface area contributed by atoms with Gasteiger partial charge in [-0.1, -0.05) is 30.3 Å². The van der Waals surface area contributed by atoms with Crippen LogP contribution in [0.2, 0.25) is 0 Å². The first kappa shape index (κ1) is 17.7. The summed E-state index contributed by atoms with van der Waals surface area (Å²) in [5, 5.41) is 0. The highest BCUT2D eigenvalue weighted by Crippen LogP contribution is 2.63. The van der Waals surface area contributed by atoms with Gasteiger partial charge in [0.15, 0.2) is 11.2 Å². The zero-order chi connectivity index (χ0) is 17.8. The predicted molar refractivity (Wildman–Crippen MR) is 104 cm³/mol. The number of hydrogen-bond donors (Lipinski definition) is 0. The summed E-state index contributed by atoms with van der Waals surface area (Å²) < 4.78 is 12.1. The molecule has 1 aromatic rings. The van der Waals surface area contributed by atoms with Gasteiger partial charge in [0, 0.05) is 26.1 Å². The van der Waals surface area contributed by atoms with Crippen LogP contribution in [0.25, 0.3) is 0 Å². The number of Topliss-reactive ketones (excluding diaryl/α,β-unsaturated/α-hetero) is 1. The van der Waals surface area contributed by atoms with E-state index in [4.69, 9.17) is 9.47 Å². The minimum atomic E-state index is -0.925. The van der Waals surface area contributed by atoms with E-state index in [-0.39, 0.29) is 22.2 Å². The van der Waals surface area contributed by atoms with Gasteiger partial charge in [0.25, 0.3) is 0 Å². The summed E-state index contributed by atoms with van der Waals surface area (Å²) in [6, 6.07) is 8.51. The van der Waals surface area contributed by atoms with Crippen LogP contribution >= 0.6 is 23.5 Å². The molecule has 4 aliphatic carbocycles. The van der Waals surface area contributed by atoms with Crippen molar-refractivity contribution >= 4 is 29.3 Å². The van der Waals surface area contributed by atoms with Crippen molar-refractivity contribution in [2.75, 3.05) is 26.7 Å². The van der Waals surface area contributed by atoms with Gasteiger partial charge in [-0.2, -0.15) is 0 Å². The maximum Gasteiger partial charge on any atom is 0.203 e. The number of ether oxygens (including phenoxy) is 2. The summed E-state index contributed by atoms with van der Waals surface area (Å²) in [5.74, 6) is 0.583. The number of carbonyl (C=O) groups excluding carboxylic acids is 1. The Kier molecular flexibility index (Phi) is 4.35. The monoisotopic (exact) mass is 376 g/mol. The lowest BCUT2D eigenvalue weighted by atomic mass is 9.53. The number of hydrogen-bond acceptors (Lipinski definition) is 5. The summed E-state index contributed by atoms with van der Waals surface area (Å²) in [5.41, 5.74) is 0.849. The Bertz CT molecular complexity index is 729. The van der Waals surface area contributed by atoms with Gasteiger partial charge >= 0.3 is 0 Å². The molecule has 0 heterocycles. The molecule has 5 atom stereocenters. The molecule has 0 amide bonds. The molecule has 1 fully saturated rings. The molecule has 1 saturated carbocycles. The van der Waals surface area contributed by atoms with Gasteiger partial charge in [-0.05, 0) is 42.1 Å². The van der Waals surface area contributed by atoms with Crippen molar-refractivity contribution in [3.8, 4) is 0 Å². The van der Waals surface area contributed by atoms with Gasteiger partial charge < -0.3 is 9.47 Å². The van der Waals surface area contributed by atoms with Crippen LogP contribution < -0.4 is 0 Å². The molecule has 0 aliphatic heterocycles. The third-order valence-corrected chi connectivity index (χ3v) is 9.12. The second kappa shape index (κ2) is 6.15. The lowest BCUT2D eigenvalue weighted by Crippen LogP contribution is -2.71. The number of ketones is 1. The molecule has 0 radical (unpaired) electrons.